The van der Waals surface area contributed by atoms with Gasteiger partial charge in [-0.2, -0.15) is 0 Å². The normalized spacial score (nSPS) is 24.2. The van der Waals surface area contributed by atoms with Crippen LogP contribution in [0.25, 0.3) is 10.9 Å². The van der Waals surface area contributed by atoms with Crippen molar-refractivity contribution in [1.29, 1.82) is 0 Å². The predicted octanol–water partition coefficient (Wildman–Crippen LogP) is -1.67. The van der Waals surface area contributed by atoms with Gasteiger partial charge in [-0.15, -0.1) is 0 Å². The van der Waals surface area contributed by atoms with Crippen molar-refractivity contribution >= 4 is 114 Å². The first-order valence-corrected chi connectivity index (χ1v) is 32.0. The van der Waals surface area contributed by atoms with E-state index in [1.165, 1.54) is 42.8 Å². The summed E-state index contributed by atoms with van der Waals surface area (Å²) in [6.07, 6.45) is -2.84. The molecule has 3 aliphatic heterocycles. The highest BCUT2D eigenvalue weighted by Crippen LogP contribution is 2.31. The van der Waals surface area contributed by atoms with Crippen molar-refractivity contribution in [1.82, 2.24) is 52.4 Å². The summed E-state index contributed by atoms with van der Waals surface area (Å²) in [6.45, 7) is 4.06. The van der Waals surface area contributed by atoms with Crippen molar-refractivity contribution in [3.8, 4) is 5.75 Å². The molecule has 2 aromatic rings. The third-order valence-corrected chi connectivity index (χ3v) is 18.6. The number of aromatic hydroxyl groups is 1. The Bertz CT molecular complexity index is 2800. The molecule has 14 N–H and O–H groups in total. The number of primary amides is 1. The van der Waals surface area contributed by atoms with Crippen molar-refractivity contribution in [2.45, 2.75) is 146 Å². The number of unbranched alkanes of at least 4 members (excludes halogenated alkanes) is 3. The van der Waals surface area contributed by atoms with Gasteiger partial charge in [0.1, 0.15) is 47.3 Å². The largest absolute Gasteiger partial charge is 0.508 e. The van der Waals surface area contributed by atoms with Crippen LogP contribution in [0.5, 0.6) is 5.75 Å². The summed E-state index contributed by atoms with van der Waals surface area (Å²) >= 11 is 0. The number of carbonyl (C=O) groups is 12. The number of hydrogen-bond donors (Lipinski definition) is 13. The fraction of sp³-hybridized carbons (Fsp3) is 0.630. The van der Waals surface area contributed by atoms with Crippen LogP contribution in [0.1, 0.15) is 97.5 Å². The predicted molar refractivity (Wildman–Crippen MR) is 312 cm³/mol. The van der Waals surface area contributed by atoms with Crippen molar-refractivity contribution in [2.24, 2.45) is 23.5 Å². The monoisotopic (exact) mass is 1250 g/mol. The fourth-order valence-electron chi connectivity index (χ4n) is 9.71. The molecular weight excluding hydrogens is 1170 g/mol. The van der Waals surface area contributed by atoms with Crippen LogP contribution in [-0.2, 0) is 74.7 Å². The molecule has 0 spiro atoms. The molecule has 5 rings (SSSR count). The van der Waals surface area contributed by atoms with Gasteiger partial charge in [-0.05, 0) is 43.4 Å². The first-order chi connectivity index (χ1) is 40.4. The van der Waals surface area contributed by atoms with Crippen LogP contribution < -0.4 is 48.3 Å². The number of aliphatic hydroxyl groups excluding tert-OH is 2. The third-order valence-electron chi connectivity index (χ3n) is 14.8. The summed E-state index contributed by atoms with van der Waals surface area (Å²) in [4.78, 5) is 167. The van der Waals surface area contributed by atoms with Crippen LogP contribution in [0.3, 0.4) is 0 Å². The molecule has 1 aromatic carbocycles. The molecule has 11 atom stereocenters. The van der Waals surface area contributed by atoms with E-state index in [0.29, 0.717) is 56.6 Å². The number of aromatic amines is 1. The highest BCUT2D eigenvalue weighted by atomic mass is 33.1. The van der Waals surface area contributed by atoms with E-state index in [9.17, 15) is 77.1 Å². The summed E-state index contributed by atoms with van der Waals surface area (Å²) in [7, 11) is 0.693. The van der Waals surface area contributed by atoms with E-state index < -0.39 is 188 Å². The second-order valence-electron chi connectivity index (χ2n) is 21.4. The summed E-state index contributed by atoms with van der Waals surface area (Å²) in [6, 6.07) is -4.28. The Morgan fingerprint density at radius 2 is 1.48 bits per heavy atom. The number of benzene rings is 1. The van der Waals surface area contributed by atoms with Crippen molar-refractivity contribution < 1.29 is 81.8 Å². The average Bonchev–Trinajstić information content (AvgIpc) is 2.49. The van der Waals surface area contributed by atoms with Crippen molar-refractivity contribution in [3.05, 3.63) is 23.8 Å². The average molecular weight is 1250 g/mol. The second kappa shape index (κ2) is 33.8. The lowest BCUT2D eigenvalue weighted by Crippen LogP contribution is -2.61. The van der Waals surface area contributed by atoms with Gasteiger partial charge in [0.2, 0.25) is 53.2 Å². The minimum Gasteiger partial charge on any atom is -0.508 e. The standard InChI is InChI=1S/C54H79N11O17S3/c1-5-28(2)46-50(77)59-23-44(73)60-38-27-85(81)52-35(34-11-10-32(67)20-36(34)62-52)22-37(48(75)58-24-45(74)63-46)61-51(78)47(64-49(76)39-21-33(68)25-65(39)53(79)31(18-40(38)69)19-42(55)71)30(4)41(70)26-82-54(80)57-15-9-7-6-8-14-56-43(72)13-17-84-83-16-12-29(3)66/h10-11,20,28,30-31,33,37-39,41,46-47,62,67-68,70H,5-9,12-19,21-27H2,1-4H3,(H2,55,71)(H,56,72)(H,57,80)(H,58,75)(H,59,77)(H,60,73)(H,61,78)(H,63,74)(H,64,76). The van der Waals surface area contributed by atoms with Crippen LogP contribution >= 0.6 is 21.6 Å². The van der Waals surface area contributed by atoms with Gasteiger partial charge in [0.15, 0.2) is 5.78 Å². The number of ether oxygens (including phenoxy) is 1. The van der Waals surface area contributed by atoms with Crippen LogP contribution in [0.4, 0.5) is 4.79 Å². The number of ketones is 2. The summed E-state index contributed by atoms with van der Waals surface area (Å²) in [5.41, 5.74) is 5.82. The molecule has 11 unspecified atom stereocenters. The molecule has 3 aliphatic rings. The third kappa shape index (κ3) is 21.3. The minimum absolute atomic E-state index is 0.0659. The van der Waals surface area contributed by atoms with Gasteiger partial charge in [0.25, 0.3) is 0 Å². The molecule has 1 saturated heterocycles. The molecular formula is C54H79N11O17S3. The second-order valence-corrected chi connectivity index (χ2v) is 25.5. The Labute approximate surface area is 501 Å². The molecule has 10 amide bonds. The molecule has 85 heavy (non-hydrogen) atoms. The first-order valence-electron chi connectivity index (χ1n) is 28.2. The van der Waals surface area contributed by atoms with Gasteiger partial charge in [0.05, 0.1) is 59.3 Å². The Hall–Kier alpha value is -6.83. The number of phenols is 1. The van der Waals surface area contributed by atoms with Crippen molar-refractivity contribution in [3.63, 3.8) is 0 Å². The zero-order valence-electron chi connectivity index (χ0n) is 48.0. The SMILES string of the molecule is CCC(C)C1NC(=O)CNC(=O)C2Cc3c([nH]c4cc(O)ccc34)S(=O)CC(NC(=O)CNC1=O)C(=O)CC(CC(N)=O)C(=O)N1CC(O)CC1C(=O)NC(C(C)C(O)COC(=O)NCCCCCCNC(=O)CCSSCCC(C)=O)C(=O)N2. The summed E-state index contributed by atoms with van der Waals surface area (Å²) in [5, 5.41) is 53.6. The maximum Gasteiger partial charge on any atom is 0.407 e. The quantitative estimate of drug-likeness (QED) is 0.0463. The molecule has 0 radical (unpaired) electrons. The van der Waals surface area contributed by atoms with Crippen LogP contribution in [0.15, 0.2) is 23.2 Å². The lowest BCUT2D eigenvalue weighted by atomic mass is 9.93. The number of amides is 10. The molecule has 0 aliphatic carbocycles. The lowest BCUT2D eigenvalue weighted by Gasteiger charge is -2.32. The van der Waals surface area contributed by atoms with Gasteiger partial charge in [-0.25, -0.2) is 4.79 Å². The van der Waals surface area contributed by atoms with Gasteiger partial charge in [-0.3, -0.25) is 56.9 Å². The number of alkyl carbamates (subject to hydrolysis) is 1. The van der Waals surface area contributed by atoms with Gasteiger partial charge in [0, 0.05) is 87.0 Å². The van der Waals surface area contributed by atoms with Crippen LogP contribution in [-0.4, -0.2) is 199 Å². The number of Topliss-reactive ketones (excluding diaryl/α,β-unsaturated/α-hetero) is 2. The molecule has 31 heteroatoms. The maximum atomic E-state index is 15.0. The molecule has 1 aromatic heterocycles. The Kier molecular flexibility index (Phi) is 27.4. The van der Waals surface area contributed by atoms with Crippen LogP contribution in [0, 0.1) is 17.8 Å². The lowest BCUT2D eigenvalue weighted by molar-refractivity contribution is -0.145. The number of phenolic OH excluding ortho intramolecular Hbond substituents is 1. The number of carbonyl (C=O) groups excluding carboxylic acids is 12. The number of nitrogens with zero attached hydrogens (tertiary/aromatic N) is 1. The number of nitrogens with one attached hydrogen (secondary N) is 9. The Morgan fingerprint density at radius 3 is 2.15 bits per heavy atom. The Morgan fingerprint density at radius 1 is 0.824 bits per heavy atom. The summed E-state index contributed by atoms with van der Waals surface area (Å²) in [5.74, 6) is -12.2. The first kappa shape index (κ1) is 68.9. The van der Waals surface area contributed by atoms with Crippen molar-refractivity contribution in [2.75, 3.05) is 56.6 Å². The molecule has 0 saturated carbocycles. The maximum absolute atomic E-state index is 15.0. The van der Waals surface area contributed by atoms with Crippen LogP contribution in [0.2, 0.25) is 0 Å². The highest BCUT2D eigenvalue weighted by Gasteiger charge is 2.45. The molecule has 2 bridgehead atoms. The number of hydrogen-bond acceptors (Lipinski definition) is 19. The van der Waals surface area contributed by atoms with E-state index in [4.69, 9.17) is 10.5 Å². The van der Waals surface area contributed by atoms with Gasteiger partial charge >= 0.3 is 6.09 Å². The topological polar surface area (TPSA) is 433 Å². The fourth-order valence-corrected chi connectivity index (χ4v) is 13.2. The molecule has 28 nitrogen and oxygen atoms in total. The van der Waals surface area contributed by atoms with Gasteiger partial charge in [-0.1, -0.05) is 61.6 Å². The van der Waals surface area contributed by atoms with E-state index in [0.717, 1.165) is 11.3 Å². The zero-order valence-corrected chi connectivity index (χ0v) is 50.4. The number of aromatic nitrogens is 1. The van der Waals surface area contributed by atoms with Gasteiger partial charge < -0.3 is 78.2 Å². The molecule has 470 valence electrons. The number of fused-ring (bicyclic) bond motifs is 5. The molecule has 4 heterocycles. The minimum atomic E-state index is -2.39. The summed E-state index contributed by atoms with van der Waals surface area (Å²) < 4.78 is 20.1. The number of nitrogens with two attached hydrogens (primary N) is 1. The molecule has 1 fully saturated rings. The number of aliphatic hydroxyl groups is 2. The zero-order chi connectivity index (χ0) is 62.5. The number of H-pyrrole nitrogens is 1. The van der Waals surface area contributed by atoms with E-state index >= 15 is 0 Å². The highest BCUT2D eigenvalue weighted by molar-refractivity contribution is 8.76. The van der Waals surface area contributed by atoms with E-state index in [2.05, 4.69) is 47.5 Å². The smallest absolute Gasteiger partial charge is 0.407 e. The Balaban J connectivity index is 1.44. The van der Waals surface area contributed by atoms with E-state index in [1.807, 2.05) is 0 Å². The number of rotatable bonds is 22. The van der Waals surface area contributed by atoms with E-state index in [-0.39, 0.29) is 45.5 Å². The van der Waals surface area contributed by atoms with E-state index in [1.54, 1.807) is 24.6 Å².